The van der Waals surface area contributed by atoms with Gasteiger partial charge in [-0.25, -0.2) is 8.42 Å². The molecule has 0 radical (unpaired) electrons. The van der Waals surface area contributed by atoms with Gasteiger partial charge in [-0.3, -0.25) is 0 Å². The van der Waals surface area contributed by atoms with Gasteiger partial charge in [-0.05, 0) is 32.0 Å². The Kier molecular flexibility index (Phi) is 4.76. The van der Waals surface area contributed by atoms with Gasteiger partial charge < -0.3 is 10.8 Å². The van der Waals surface area contributed by atoms with Crippen molar-refractivity contribution in [3.63, 3.8) is 0 Å². The lowest BCUT2D eigenvalue weighted by Gasteiger charge is -2.27. The maximum Gasteiger partial charge on any atom is 0.245 e. The van der Waals surface area contributed by atoms with Gasteiger partial charge in [-0.2, -0.15) is 9.57 Å². The number of rotatable bonds is 5. The van der Waals surface area contributed by atoms with Gasteiger partial charge >= 0.3 is 0 Å². The quantitative estimate of drug-likeness (QED) is 0.786. The number of sulfonamides is 1. The van der Waals surface area contributed by atoms with Crippen molar-refractivity contribution >= 4 is 15.7 Å². The number of benzene rings is 1. The largest absolute Gasteiger partial charge is 0.398 e. The minimum Gasteiger partial charge on any atom is -0.398 e. The summed E-state index contributed by atoms with van der Waals surface area (Å²) in [5, 5.41) is 18.6. The summed E-state index contributed by atoms with van der Waals surface area (Å²) in [6.07, 6.45) is 0. The fourth-order valence-electron chi connectivity index (χ4n) is 1.79. The van der Waals surface area contributed by atoms with Crippen LogP contribution in [0.4, 0.5) is 5.69 Å². The number of likely N-dealkylation sites (N-methyl/N-ethyl adjacent to an activating group) is 1. The monoisotopic (exact) mass is 297 g/mol. The number of aliphatic hydroxyl groups is 1. The van der Waals surface area contributed by atoms with Crippen LogP contribution in [0.1, 0.15) is 26.3 Å². The molecule has 0 amide bonds. The second-order valence-electron chi connectivity index (χ2n) is 5.11. The summed E-state index contributed by atoms with van der Waals surface area (Å²) < 4.78 is 26.2. The normalized spacial score (nSPS) is 12.4. The zero-order valence-corrected chi connectivity index (χ0v) is 12.6. The van der Waals surface area contributed by atoms with E-state index >= 15 is 0 Å². The van der Waals surface area contributed by atoms with E-state index in [1.165, 1.54) is 32.0 Å². The van der Waals surface area contributed by atoms with Gasteiger partial charge in [0.05, 0.1) is 22.9 Å². The Hall–Kier alpha value is -1.62. The fraction of sp³-hybridized carbons (Fsp3) is 0.462. The van der Waals surface area contributed by atoms with Crippen LogP contribution >= 0.6 is 0 Å². The van der Waals surface area contributed by atoms with Crippen molar-refractivity contribution in [3.8, 4) is 6.07 Å². The summed E-state index contributed by atoms with van der Waals surface area (Å²) in [6.45, 7) is 4.93. The van der Waals surface area contributed by atoms with Crippen molar-refractivity contribution < 1.29 is 13.5 Å². The third kappa shape index (κ3) is 3.70. The molecular weight excluding hydrogens is 278 g/mol. The van der Waals surface area contributed by atoms with E-state index in [4.69, 9.17) is 11.0 Å². The molecule has 0 saturated heterocycles. The highest BCUT2D eigenvalue weighted by Gasteiger charge is 2.29. The molecule has 0 aliphatic carbocycles. The first-order valence-corrected chi connectivity index (χ1v) is 7.58. The number of hydrogen-bond acceptors (Lipinski definition) is 5. The van der Waals surface area contributed by atoms with Gasteiger partial charge in [0.2, 0.25) is 10.0 Å². The summed E-state index contributed by atoms with van der Waals surface area (Å²) in [7, 11) is -3.80. The van der Waals surface area contributed by atoms with Gasteiger partial charge in [0.1, 0.15) is 4.90 Å². The molecule has 0 bridgehead atoms. The SMILES string of the molecule is CCN(CC(C)(C)O)S(=O)(=O)c1ccc(C#N)cc1N. The Labute approximate surface area is 119 Å². The number of nitrogens with zero attached hydrogens (tertiary/aromatic N) is 2. The van der Waals surface area contributed by atoms with Crippen LogP contribution in [0.3, 0.4) is 0 Å². The van der Waals surface area contributed by atoms with E-state index < -0.39 is 15.6 Å². The Balaban J connectivity index is 3.25. The summed E-state index contributed by atoms with van der Waals surface area (Å²) in [5.41, 5.74) is 4.90. The summed E-state index contributed by atoms with van der Waals surface area (Å²) >= 11 is 0. The van der Waals surface area contributed by atoms with Crippen molar-refractivity contribution in [2.24, 2.45) is 0 Å². The average Bonchev–Trinajstić information content (AvgIpc) is 2.34. The first kappa shape index (κ1) is 16.4. The molecule has 20 heavy (non-hydrogen) atoms. The minimum atomic E-state index is -3.80. The van der Waals surface area contributed by atoms with E-state index in [9.17, 15) is 13.5 Å². The predicted octanol–water partition coefficient (Wildman–Crippen LogP) is 0.922. The van der Waals surface area contributed by atoms with Crippen LogP contribution in [0, 0.1) is 11.3 Å². The number of nitrogen functional groups attached to an aromatic ring is 1. The predicted molar refractivity (Wildman–Crippen MR) is 76.3 cm³/mol. The van der Waals surface area contributed by atoms with Crippen LogP contribution in [-0.4, -0.2) is 36.5 Å². The van der Waals surface area contributed by atoms with Crippen LogP contribution < -0.4 is 5.73 Å². The zero-order valence-electron chi connectivity index (χ0n) is 11.8. The van der Waals surface area contributed by atoms with Crippen LogP contribution in [0.2, 0.25) is 0 Å². The highest BCUT2D eigenvalue weighted by atomic mass is 32.2. The van der Waals surface area contributed by atoms with Gasteiger partial charge in [0, 0.05) is 13.1 Å². The number of hydrogen-bond donors (Lipinski definition) is 2. The molecule has 0 atom stereocenters. The van der Waals surface area contributed by atoms with Crippen molar-refractivity contribution in [3.05, 3.63) is 23.8 Å². The molecule has 0 aliphatic rings. The zero-order chi connectivity index (χ0) is 15.6. The molecule has 1 aromatic rings. The van der Waals surface area contributed by atoms with Gasteiger partial charge in [0.25, 0.3) is 0 Å². The Morgan fingerprint density at radius 2 is 2.05 bits per heavy atom. The van der Waals surface area contributed by atoms with Crippen LogP contribution in [0.15, 0.2) is 23.1 Å². The van der Waals surface area contributed by atoms with Gasteiger partial charge in [-0.15, -0.1) is 0 Å². The smallest absolute Gasteiger partial charge is 0.245 e. The molecule has 0 spiro atoms. The lowest BCUT2D eigenvalue weighted by molar-refractivity contribution is 0.0601. The molecule has 1 aromatic carbocycles. The molecule has 0 saturated carbocycles. The van der Waals surface area contributed by atoms with Crippen molar-refractivity contribution in [1.82, 2.24) is 4.31 Å². The van der Waals surface area contributed by atoms with E-state index in [0.717, 1.165) is 4.31 Å². The molecule has 0 aliphatic heterocycles. The molecule has 0 heterocycles. The van der Waals surface area contributed by atoms with Gasteiger partial charge in [-0.1, -0.05) is 6.92 Å². The Morgan fingerprint density at radius 1 is 1.45 bits per heavy atom. The average molecular weight is 297 g/mol. The minimum absolute atomic E-state index is 0.0262. The molecule has 7 heteroatoms. The van der Waals surface area contributed by atoms with E-state index in [-0.39, 0.29) is 23.7 Å². The summed E-state index contributed by atoms with van der Waals surface area (Å²) in [5.74, 6) is 0. The van der Waals surface area contributed by atoms with E-state index in [1.807, 2.05) is 6.07 Å². The third-order valence-corrected chi connectivity index (χ3v) is 4.67. The molecule has 3 N–H and O–H groups in total. The highest BCUT2D eigenvalue weighted by molar-refractivity contribution is 7.89. The van der Waals surface area contributed by atoms with Crippen molar-refractivity contribution in [2.75, 3.05) is 18.8 Å². The molecule has 110 valence electrons. The maximum absolute atomic E-state index is 12.5. The van der Waals surface area contributed by atoms with Crippen molar-refractivity contribution in [2.45, 2.75) is 31.3 Å². The Morgan fingerprint density at radius 3 is 2.45 bits per heavy atom. The lowest BCUT2D eigenvalue weighted by Crippen LogP contribution is -2.42. The third-order valence-electron chi connectivity index (χ3n) is 2.67. The van der Waals surface area contributed by atoms with E-state index in [1.54, 1.807) is 6.92 Å². The first-order chi connectivity index (χ1) is 9.11. The highest BCUT2D eigenvalue weighted by Crippen LogP contribution is 2.24. The van der Waals surface area contributed by atoms with E-state index in [2.05, 4.69) is 0 Å². The second kappa shape index (κ2) is 5.79. The van der Waals surface area contributed by atoms with E-state index in [0.29, 0.717) is 5.56 Å². The molecule has 1 rings (SSSR count). The topological polar surface area (TPSA) is 107 Å². The molecule has 0 unspecified atom stereocenters. The van der Waals surface area contributed by atoms with Crippen LogP contribution in [-0.2, 0) is 10.0 Å². The van der Waals surface area contributed by atoms with Gasteiger partial charge in [0.15, 0.2) is 0 Å². The second-order valence-corrected chi connectivity index (χ2v) is 7.01. The lowest BCUT2D eigenvalue weighted by atomic mass is 10.1. The fourth-order valence-corrected chi connectivity index (χ4v) is 3.49. The standard InChI is InChI=1S/C13H19N3O3S/c1-4-16(9-13(2,3)17)20(18,19)12-6-5-10(8-14)7-11(12)15/h5-7,17H,4,9,15H2,1-3H3. The van der Waals surface area contributed by atoms with Crippen LogP contribution in [0.25, 0.3) is 0 Å². The molecule has 6 nitrogen and oxygen atoms in total. The number of nitriles is 1. The number of nitrogens with two attached hydrogens (primary N) is 1. The molecule has 0 fully saturated rings. The molecular formula is C13H19N3O3S. The molecule has 0 aromatic heterocycles. The van der Waals surface area contributed by atoms with Crippen molar-refractivity contribution in [1.29, 1.82) is 5.26 Å². The summed E-state index contributed by atoms with van der Waals surface area (Å²) in [6, 6.07) is 5.94. The Bertz CT molecular complexity index is 627. The summed E-state index contributed by atoms with van der Waals surface area (Å²) in [4.78, 5) is -0.0531. The number of anilines is 1. The maximum atomic E-state index is 12.5. The van der Waals surface area contributed by atoms with Crippen LogP contribution in [0.5, 0.6) is 0 Å². The first-order valence-electron chi connectivity index (χ1n) is 6.14.